The molecule has 0 spiro atoms. The van der Waals surface area contributed by atoms with Gasteiger partial charge in [-0.25, -0.2) is 4.79 Å². The van der Waals surface area contributed by atoms with Crippen molar-refractivity contribution in [1.29, 1.82) is 0 Å². The average molecular weight is 416 g/mol. The Hall–Kier alpha value is -0.703. The van der Waals surface area contributed by atoms with Gasteiger partial charge in [-0.2, -0.15) is 12.6 Å². The van der Waals surface area contributed by atoms with Gasteiger partial charge in [0.1, 0.15) is 6.61 Å². The summed E-state index contributed by atoms with van der Waals surface area (Å²) in [6.07, 6.45) is 1.32. The van der Waals surface area contributed by atoms with Gasteiger partial charge in [0.05, 0.1) is 17.4 Å². The van der Waals surface area contributed by atoms with Crippen LogP contribution in [0.25, 0.3) is 0 Å². The smallest absolute Gasteiger partial charge is 0.334 e. The number of ether oxygens (including phenoxy) is 1. The Labute approximate surface area is 167 Å². The van der Waals surface area contributed by atoms with E-state index in [1.807, 2.05) is 6.92 Å². The first-order chi connectivity index (χ1) is 12.0. The van der Waals surface area contributed by atoms with E-state index in [4.69, 9.17) is 9.16 Å². The standard InChI is InChI=1S/C18H29NO4S2Si/c1-8-9-22-17(21)14-12(10-24)25-16-13(15(20)19(14)16)11(2)23-26(6,7)18(3,4)5/h8,10-11,13-14,16,24H,1,9H2,2-7H3/b12-10+/t11-,13+,14?,16-/m1/s1. The molecule has 2 aliphatic rings. The highest BCUT2D eigenvalue weighted by molar-refractivity contribution is 8.04. The van der Waals surface area contributed by atoms with Gasteiger partial charge >= 0.3 is 5.97 Å². The van der Waals surface area contributed by atoms with Crippen LogP contribution in [0.5, 0.6) is 0 Å². The molecule has 26 heavy (non-hydrogen) atoms. The first-order valence-corrected chi connectivity index (χ1v) is 13.0. The molecule has 2 heterocycles. The second-order valence-corrected chi connectivity index (χ2v) is 14.4. The molecule has 2 fully saturated rings. The molecule has 1 amide bonds. The predicted molar refractivity (Wildman–Crippen MR) is 111 cm³/mol. The van der Waals surface area contributed by atoms with Crippen molar-refractivity contribution in [3.63, 3.8) is 0 Å². The summed E-state index contributed by atoms with van der Waals surface area (Å²) in [5.41, 5.74) is 0. The largest absolute Gasteiger partial charge is 0.460 e. The number of fused-ring (bicyclic) bond motifs is 1. The fourth-order valence-electron chi connectivity index (χ4n) is 2.95. The maximum absolute atomic E-state index is 12.8. The third kappa shape index (κ3) is 3.79. The van der Waals surface area contributed by atoms with Crippen LogP contribution < -0.4 is 0 Å². The Morgan fingerprint density at radius 2 is 2.08 bits per heavy atom. The summed E-state index contributed by atoms with van der Waals surface area (Å²) in [4.78, 5) is 27.6. The molecule has 0 aliphatic carbocycles. The van der Waals surface area contributed by atoms with Crippen LogP contribution in [-0.2, 0) is 18.8 Å². The third-order valence-corrected chi connectivity index (χ3v) is 11.8. The van der Waals surface area contributed by atoms with Gasteiger partial charge in [0.15, 0.2) is 14.4 Å². The van der Waals surface area contributed by atoms with E-state index >= 15 is 0 Å². The predicted octanol–water partition coefficient (Wildman–Crippen LogP) is 3.80. The van der Waals surface area contributed by atoms with Crippen molar-refractivity contribution in [2.75, 3.05) is 6.61 Å². The van der Waals surface area contributed by atoms with Gasteiger partial charge in [-0.05, 0) is 30.5 Å². The summed E-state index contributed by atoms with van der Waals surface area (Å²) < 4.78 is 11.6. The van der Waals surface area contributed by atoms with E-state index in [1.165, 1.54) is 17.8 Å². The van der Waals surface area contributed by atoms with E-state index < -0.39 is 20.3 Å². The molecule has 8 heteroatoms. The number of thioether (sulfide) groups is 1. The van der Waals surface area contributed by atoms with Crippen molar-refractivity contribution in [1.82, 2.24) is 4.90 Å². The third-order valence-electron chi connectivity index (χ3n) is 5.41. The second-order valence-electron chi connectivity index (χ2n) is 8.22. The topological polar surface area (TPSA) is 55.8 Å². The molecule has 0 aromatic heterocycles. The lowest BCUT2D eigenvalue weighted by atomic mass is 9.91. The van der Waals surface area contributed by atoms with Crippen LogP contribution >= 0.6 is 24.4 Å². The van der Waals surface area contributed by atoms with Crippen LogP contribution in [0.3, 0.4) is 0 Å². The highest BCUT2D eigenvalue weighted by Crippen LogP contribution is 2.52. The molecule has 0 saturated carbocycles. The highest BCUT2D eigenvalue weighted by atomic mass is 32.2. The van der Waals surface area contributed by atoms with Crippen molar-refractivity contribution in [3.8, 4) is 0 Å². The van der Waals surface area contributed by atoms with Crippen molar-refractivity contribution in [3.05, 3.63) is 23.0 Å². The summed E-state index contributed by atoms with van der Waals surface area (Å²) >= 11 is 5.72. The molecule has 0 radical (unpaired) electrons. The molecular weight excluding hydrogens is 386 g/mol. The SMILES string of the molecule is C=CCOC(=O)C1/C(=C\S)S[C@@H]2[C@@H]([C@@H](C)O[Si](C)(C)C(C)(C)C)C(=O)N12. The van der Waals surface area contributed by atoms with E-state index in [2.05, 4.69) is 53.1 Å². The van der Waals surface area contributed by atoms with Crippen molar-refractivity contribution >= 4 is 44.6 Å². The number of hydrogen-bond donors (Lipinski definition) is 1. The van der Waals surface area contributed by atoms with Crippen LogP contribution in [0.4, 0.5) is 0 Å². The summed E-state index contributed by atoms with van der Waals surface area (Å²) in [6, 6.07) is -0.703. The summed E-state index contributed by atoms with van der Waals surface area (Å²) in [6.45, 7) is 16.5. The molecule has 0 N–H and O–H groups in total. The van der Waals surface area contributed by atoms with Crippen molar-refractivity contribution in [2.24, 2.45) is 5.92 Å². The van der Waals surface area contributed by atoms with E-state index in [0.29, 0.717) is 0 Å². The second kappa shape index (κ2) is 7.73. The van der Waals surface area contributed by atoms with Gasteiger partial charge in [-0.3, -0.25) is 4.79 Å². The summed E-state index contributed by atoms with van der Waals surface area (Å²) in [5.74, 6) is -0.751. The first-order valence-electron chi connectivity index (χ1n) is 8.74. The van der Waals surface area contributed by atoms with Crippen molar-refractivity contribution < 1.29 is 18.8 Å². The number of β-lactam (4-membered cyclic amide) rings is 1. The molecule has 1 unspecified atom stereocenters. The number of nitrogens with zero attached hydrogens (tertiary/aromatic N) is 1. The molecule has 0 aromatic rings. The minimum atomic E-state index is -1.98. The molecule has 2 aliphatic heterocycles. The number of carbonyl (C=O) groups is 2. The highest BCUT2D eigenvalue weighted by Gasteiger charge is 2.61. The lowest BCUT2D eigenvalue weighted by Crippen LogP contribution is -2.65. The Morgan fingerprint density at radius 3 is 2.58 bits per heavy atom. The summed E-state index contributed by atoms with van der Waals surface area (Å²) in [5, 5.41) is 1.55. The van der Waals surface area contributed by atoms with Gasteiger partial charge in [0, 0.05) is 4.91 Å². The van der Waals surface area contributed by atoms with Gasteiger partial charge in [0.2, 0.25) is 5.91 Å². The van der Waals surface area contributed by atoms with Crippen LogP contribution in [0.1, 0.15) is 27.7 Å². The lowest BCUT2D eigenvalue weighted by molar-refractivity contribution is -0.167. The summed E-state index contributed by atoms with van der Waals surface area (Å²) in [7, 11) is -1.98. The number of esters is 1. The van der Waals surface area contributed by atoms with Crippen LogP contribution in [0.2, 0.25) is 18.1 Å². The molecule has 0 bridgehead atoms. The average Bonchev–Trinajstić information content (AvgIpc) is 2.85. The normalized spacial score (nSPS) is 28.6. The lowest BCUT2D eigenvalue weighted by Gasteiger charge is -2.48. The Kier molecular flexibility index (Phi) is 6.42. The van der Waals surface area contributed by atoms with Gasteiger partial charge in [0.25, 0.3) is 0 Å². The fourth-order valence-corrected chi connectivity index (χ4v) is 6.21. The molecule has 0 aromatic carbocycles. The van der Waals surface area contributed by atoms with Crippen LogP contribution in [0, 0.1) is 5.92 Å². The van der Waals surface area contributed by atoms with Crippen molar-refractivity contribution in [2.45, 2.75) is 63.3 Å². The zero-order valence-electron chi connectivity index (χ0n) is 16.3. The number of thiol groups is 1. The number of hydrogen-bond acceptors (Lipinski definition) is 6. The number of amides is 1. The zero-order chi connectivity index (χ0) is 19.9. The van der Waals surface area contributed by atoms with Gasteiger partial charge in [-0.1, -0.05) is 33.4 Å². The zero-order valence-corrected chi connectivity index (χ0v) is 19.0. The molecule has 5 nitrogen and oxygen atoms in total. The minimum Gasteiger partial charge on any atom is -0.460 e. The quantitative estimate of drug-likeness (QED) is 0.235. The van der Waals surface area contributed by atoms with E-state index in [1.54, 1.807) is 10.3 Å². The fraction of sp³-hybridized carbons (Fsp3) is 0.667. The molecule has 2 rings (SSSR count). The maximum Gasteiger partial charge on any atom is 0.334 e. The first kappa shape index (κ1) is 21.6. The maximum atomic E-state index is 12.8. The Balaban J connectivity index is 2.15. The molecule has 146 valence electrons. The van der Waals surface area contributed by atoms with Gasteiger partial charge in [-0.15, -0.1) is 11.8 Å². The van der Waals surface area contributed by atoms with Gasteiger partial charge < -0.3 is 14.1 Å². The Morgan fingerprint density at radius 1 is 1.46 bits per heavy atom. The van der Waals surface area contributed by atoms with Crippen LogP contribution in [0.15, 0.2) is 23.0 Å². The monoisotopic (exact) mass is 415 g/mol. The molecular formula is C18H29NO4S2Si. The number of rotatable bonds is 6. The van der Waals surface area contributed by atoms with Crippen LogP contribution in [-0.4, -0.2) is 49.2 Å². The molecule has 2 saturated heterocycles. The Bertz CT molecular complexity index is 629. The minimum absolute atomic E-state index is 0.0561. The van der Waals surface area contributed by atoms with E-state index in [0.717, 1.165) is 4.91 Å². The number of carbonyl (C=O) groups excluding carboxylic acids is 2. The van der Waals surface area contributed by atoms with E-state index in [9.17, 15) is 9.59 Å². The molecule has 4 atom stereocenters. The van der Waals surface area contributed by atoms with E-state index in [-0.39, 0.29) is 34.9 Å².